The minimum Gasteiger partial charge on any atom is -0.475 e. The highest BCUT2D eigenvalue weighted by Gasteiger charge is 2.14. The monoisotopic (exact) mass is 237 g/mol. The van der Waals surface area contributed by atoms with Crippen LogP contribution in [-0.4, -0.2) is 35.3 Å². The molecule has 2 heterocycles. The maximum Gasteiger partial charge on any atom is 0.226 e. The van der Waals surface area contributed by atoms with E-state index in [0.717, 1.165) is 26.1 Å². The number of nitrogens with zero attached hydrogens (tertiary/aromatic N) is 2. The molecular formula is C12H19N3O2. The van der Waals surface area contributed by atoms with Crippen LogP contribution in [0.1, 0.15) is 26.7 Å². The predicted octanol–water partition coefficient (Wildman–Crippen LogP) is 1.85. The molecular weight excluding hydrogens is 218 g/mol. The minimum atomic E-state index is 0.121. The molecule has 0 saturated carbocycles. The Balaban J connectivity index is 1.95. The Morgan fingerprint density at radius 2 is 2.41 bits per heavy atom. The molecule has 5 heteroatoms. The normalized spacial score (nSPS) is 20.3. The fourth-order valence-electron chi connectivity index (χ4n) is 1.76. The van der Waals surface area contributed by atoms with Crippen molar-refractivity contribution in [3.05, 3.63) is 12.3 Å². The lowest BCUT2D eigenvalue weighted by Crippen LogP contribution is -2.30. The minimum absolute atomic E-state index is 0.121. The van der Waals surface area contributed by atoms with E-state index in [0.29, 0.717) is 17.9 Å². The Morgan fingerprint density at radius 3 is 3.12 bits per heavy atom. The molecule has 0 spiro atoms. The number of rotatable bonds is 4. The second-order valence-electron chi connectivity index (χ2n) is 4.44. The van der Waals surface area contributed by atoms with Gasteiger partial charge in [0.1, 0.15) is 0 Å². The number of aromatic nitrogens is 2. The Kier molecular flexibility index (Phi) is 4.14. The standard InChI is InChI=1S/C12H19N3O2/c1-9(2)17-11-5-6-13-12(15-11)14-10-4-3-7-16-8-10/h5-6,9-10H,3-4,7-8H2,1-2H3,(H,13,14,15). The molecule has 0 aromatic carbocycles. The van der Waals surface area contributed by atoms with Crippen molar-refractivity contribution < 1.29 is 9.47 Å². The van der Waals surface area contributed by atoms with Gasteiger partial charge >= 0.3 is 0 Å². The van der Waals surface area contributed by atoms with Crippen molar-refractivity contribution in [1.29, 1.82) is 0 Å². The van der Waals surface area contributed by atoms with E-state index in [2.05, 4.69) is 15.3 Å². The first kappa shape index (κ1) is 12.1. The average molecular weight is 237 g/mol. The zero-order valence-electron chi connectivity index (χ0n) is 10.3. The zero-order valence-corrected chi connectivity index (χ0v) is 10.3. The average Bonchev–Trinajstić information content (AvgIpc) is 2.30. The van der Waals surface area contributed by atoms with Crippen molar-refractivity contribution in [2.24, 2.45) is 0 Å². The van der Waals surface area contributed by atoms with Crippen LogP contribution in [0.2, 0.25) is 0 Å². The molecule has 94 valence electrons. The maximum atomic E-state index is 5.52. The summed E-state index contributed by atoms with van der Waals surface area (Å²) < 4.78 is 10.9. The molecule has 2 rings (SSSR count). The van der Waals surface area contributed by atoms with Gasteiger partial charge in [0.2, 0.25) is 11.8 Å². The van der Waals surface area contributed by atoms with E-state index in [1.807, 2.05) is 13.8 Å². The van der Waals surface area contributed by atoms with Crippen LogP contribution in [0.25, 0.3) is 0 Å². The van der Waals surface area contributed by atoms with Gasteiger partial charge in [-0.3, -0.25) is 0 Å². The van der Waals surface area contributed by atoms with Crippen LogP contribution >= 0.6 is 0 Å². The Morgan fingerprint density at radius 1 is 1.53 bits per heavy atom. The summed E-state index contributed by atoms with van der Waals surface area (Å²) in [5, 5.41) is 3.27. The fraction of sp³-hybridized carbons (Fsp3) is 0.667. The summed E-state index contributed by atoms with van der Waals surface area (Å²) in [7, 11) is 0. The van der Waals surface area contributed by atoms with Gasteiger partial charge in [0.25, 0.3) is 0 Å². The first-order valence-corrected chi connectivity index (χ1v) is 6.08. The van der Waals surface area contributed by atoms with Gasteiger partial charge in [-0.25, -0.2) is 4.98 Å². The van der Waals surface area contributed by atoms with Gasteiger partial charge in [0.15, 0.2) is 0 Å². The van der Waals surface area contributed by atoms with Gasteiger partial charge in [0, 0.05) is 18.9 Å². The van der Waals surface area contributed by atoms with Crippen molar-refractivity contribution in [2.45, 2.75) is 38.8 Å². The second kappa shape index (κ2) is 5.82. The molecule has 1 atom stereocenters. The molecule has 1 N–H and O–H groups in total. The summed E-state index contributed by atoms with van der Waals surface area (Å²) in [6.45, 7) is 5.53. The largest absolute Gasteiger partial charge is 0.475 e. The van der Waals surface area contributed by atoms with E-state index in [4.69, 9.17) is 9.47 Å². The summed E-state index contributed by atoms with van der Waals surface area (Å²) in [6.07, 6.45) is 4.01. The van der Waals surface area contributed by atoms with E-state index >= 15 is 0 Å². The van der Waals surface area contributed by atoms with Crippen LogP contribution in [0.5, 0.6) is 5.88 Å². The smallest absolute Gasteiger partial charge is 0.226 e. The topological polar surface area (TPSA) is 56.3 Å². The number of hydrogen-bond donors (Lipinski definition) is 1. The van der Waals surface area contributed by atoms with Gasteiger partial charge in [0.05, 0.1) is 18.8 Å². The lowest BCUT2D eigenvalue weighted by Gasteiger charge is -2.23. The SMILES string of the molecule is CC(C)Oc1ccnc(NC2CCCOC2)n1. The van der Waals surface area contributed by atoms with Gasteiger partial charge < -0.3 is 14.8 Å². The Hall–Kier alpha value is -1.36. The summed E-state index contributed by atoms with van der Waals surface area (Å²) in [4.78, 5) is 8.49. The van der Waals surface area contributed by atoms with E-state index < -0.39 is 0 Å². The molecule has 17 heavy (non-hydrogen) atoms. The van der Waals surface area contributed by atoms with Crippen LogP contribution < -0.4 is 10.1 Å². The van der Waals surface area contributed by atoms with Crippen molar-refractivity contribution >= 4 is 5.95 Å². The van der Waals surface area contributed by atoms with Gasteiger partial charge in [-0.05, 0) is 26.7 Å². The van der Waals surface area contributed by atoms with Crippen LogP contribution in [-0.2, 0) is 4.74 Å². The van der Waals surface area contributed by atoms with Crippen LogP contribution in [0.4, 0.5) is 5.95 Å². The number of ether oxygens (including phenoxy) is 2. The lowest BCUT2D eigenvalue weighted by molar-refractivity contribution is 0.0873. The second-order valence-corrected chi connectivity index (χ2v) is 4.44. The van der Waals surface area contributed by atoms with E-state index in [1.54, 1.807) is 12.3 Å². The van der Waals surface area contributed by atoms with Crippen molar-refractivity contribution in [1.82, 2.24) is 9.97 Å². The highest BCUT2D eigenvalue weighted by Crippen LogP contribution is 2.14. The van der Waals surface area contributed by atoms with Crippen molar-refractivity contribution in [3.8, 4) is 5.88 Å². The first-order chi connectivity index (χ1) is 8.24. The van der Waals surface area contributed by atoms with E-state index in [9.17, 15) is 0 Å². The molecule has 0 bridgehead atoms. The third kappa shape index (κ3) is 3.85. The van der Waals surface area contributed by atoms with E-state index in [-0.39, 0.29) is 6.10 Å². The number of anilines is 1. The summed E-state index contributed by atoms with van der Waals surface area (Å²) in [5.74, 6) is 1.22. The molecule has 5 nitrogen and oxygen atoms in total. The molecule has 1 fully saturated rings. The molecule has 0 aliphatic carbocycles. The first-order valence-electron chi connectivity index (χ1n) is 6.08. The van der Waals surface area contributed by atoms with E-state index in [1.165, 1.54) is 0 Å². The number of hydrogen-bond acceptors (Lipinski definition) is 5. The fourth-order valence-corrected chi connectivity index (χ4v) is 1.76. The summed E-state index contributed by atoms with van der Waals surface area (Å²) in [6, 6.07) is 2.07. The lowest BCUT2D eigenvalue weighted by atomic mass is 10.1. The van der Waals surface area contributed by atoms with Gasteiger partial charge in [-0.15, -0.1) is 0 Å². The van der Waals surface area contributed by atoms with Crippen LogP contribution in [0, 0.1) is 0 Å². The zero-order chi connectivity index (χ0) is 12.1. The molecule has 0 radical (unpaired) electrons. The maximum absolute atomic E-state index is 5.52. The molecule has 1 aromatic rings. The van der Waals surface area contributed by atoms with Crippen LogP contribution in [0.3, 0.4) is 0 Å². The third-order valence-electron chi connectivity index (χ3n) is 2.48. The van der Waals surface area contributed by atoms with Gasteiger partial charge in [-0.2, -0.15) is 4.98 Å². The predicted molar refractivity (Wildman–Crippen MR) is 65.3 cm³/mol. The van der Waals surface area contributed by atoms with Crippen molar-refractivity contribution in [2.75, 3.05) is 18.5 Å². The summed E-state index contributed by atoms with van der Waals surface area (Å²) in [5.41, 5.74) is 0. The van der Waals surface area contributed by atoms with Gasteiger partial charge in [-0.1, -0.05) is 0 Å². The quantitative estimate of drug-likeness (QED) is 0.866. The van der Waals surface area contributed by atoms with Crippen LogP contribution in [0.15, 0.2) is 12.3 Å². The highest BCUT2D eigenvalue weighted by atomic mass is 16.5. The Labute approximate surface area is 102 Å². The molecule has 1 aliphatic heterocycles. The molecule has 1 unspecified atom stereocenters. The van der Waals surface area contributed by atoms with Crippen molar-refractivity contribution in [3.63, 3.8) is 0 Å². The summed E-state index contributed by atoms with van der Waals surface area (Å²) >= 11 is 0. The molecule has 1 aromatic heterocycles. The number of nitrogens with one attached hydrogen (secondary N) is 1. The third-order valence-corrected chi connectivity index (χ3v) is 2.48. The molecule has 0 amide bonds. The molecule has 1 saturated heterocycles. The molecule has 1 aliphatic rings. The highest BCUT2D eigenvalue weighted by molar-refractivity contribution is 5.29. The Bertz CT molecular complexity index is 351.